The summed E-state index contributed by atoms with van der Waals surface area (Å²) in [6, 6.07) is 1.78. The van der Waals surface area contributed by atoms with Gasteiger partial charge in [0.2, 0.25) is 0 Å². The maximum Gasteiger partial charge on any atom is 0.255 e. The van der Waals surface area contributed by atoms with Gasteiger partial charge >= 0.3 is 0 Å². The van der Waals surface area contributed by atoms with Gasteiger partial charge in [-0.3, -0.25) is 0 Å². The molecular formula is C11H11ClN6S. The highest BCUT2D eigenvalue weighted by molar-refractivity contribution is 7.09. The van der Waals surface area contributed by atoms with Crippen LogP contribution < -0.4 is 4.90 Å². The van der Waals surface area contributed by atoms with Gasteiger partial charge in [0.05, 0.1) is 17.7 Å². The quantitative estimate of drug-likeness (QED) is 0.693. The summed E-state index contributed by atoms with van der Waals surface area (Å²) in [4.78, 5) is 15.7. The molecule has 3 heterocycles. The lowest BCUT2D eigenvalue weighted by atomic mass is 10.3. The van der Waals surface area contributed by atoms with E-state index >= 15 is 0 Å². The van der Waals surface area contributed by atoms with Gasteiger partial charge in [0.25, 0.3) is 5.78 Å². The number of halogens is 1. The second kappa shape index (κ2) is 4.75. The van der Waals surface area contributed by atoms with Crippen LogP contribution in [0, 0.1) is 6.92 Å². The van der Waals surface area contributed by atoms with E-state index in [1.165, 1.54) is 11.2 Å². The number of anilines is 1. The van der Waals surface area contributed by atoms with E-state index < -0.39 is 0 Å². The third-order valence-electron chi connectivity index (χ3n) is 2.82. The number of rotatable bonds is 3. The monoisotopic (exact) mass is 294 g/mol. The van der Waals surface area contributed by atoms with Gasteiger partial charge in [0, 0.05) is 18.0 Å². The molecule has 0 aromatic carbocycles. The lowest BCUT2D eigenvalue weighted by Gasteiger charge is -2.19. The number of nitrogens with zero attached hydrogens (tertiary/aromatic N) is 6. The van der Waals surface area contributed by atoms with Crippen molar-refractivity contribution < 1.29 is 0 Å². The Hall–Kier alpha value is -1.73. The second-order valence-corrected chi connectivity index (χ2v) is 5.45. The molecule has 0 N–H and O–H groups in total. The molecule has 3 aromatic rings. The van der Waals surface area contributed by atoms with Crippen LogP contribution in [0.3, 0.4) is 0 Å². The number of aryl methyl sites for hydroxylation is 1. The third-order valence-corrected chi connectivity index (χ3v) is 3.93. The highest BCUT2D eigenvalue weighted by Gasteiger charge is 2.12. The molecule has 98 valence electrons. The Morgan fingerprint density at radius 2 is 2.26 bits per heavy atom. The predicted molar refractivity (Wildman–Crippen MR) is 74.8 cm³/mol. The van der Waals surface area contributed by atoms with E-state index in [2.05, 4.69) is 25.0 Å². The van der Waals surface area contributed by atoms with Crippen molar-refractivity contribution in [2.45, 2.75) is 13.5 Å². The zero-order valence-corrected chi connectivity index (χ0v) is 12.0. The van der Waals surface area contributed by atoms with Gasteiger partial charge in [-0.15, -0.1) is 11.3 Å². The van der Waals surface area contributed by atoms with Gasteiger partial charge in [0.15, 0.2) is 0 Å². The first-order valence-corrected chi connectivity index (χ1v) is 6.87. The Labute approximate surface area is 118 Å². The summed E-state index contributed by atoms with van der Waals surface area (Å²) in [6.07, 6.45) is 1.47. The van der Waals surface area contributed by atoms with E-state index in [0.29, 0.717) is 10.9 Å². The molecule has 0 aliphatic rings. The highest BCUT2D eigenvalue weighted by Crippen LogP contribution is 2.21. The Morgan fingerprint density at radius 3 is 3.00 bits per heavy atom. The molecule has 0 atom stereocenters. The number of fused-ring (bicyclic) bond motifs is 1. The Bertz CT molecular complexity index is 721. The molecule has 0 radical (unpaired) electrons. The summed E-state index contributed by atoms with van der Waals surface area (Å²) in [5, 5.41) is 4.57. The van der Waals surface area contributed by atoms with E-state index in [0.717, 1.165) is 18.1 Å². The van der Waals surface area contributed by atoms with Crippen molar-refractivity contribution in [3.8, 4) is 0 Å². The van der Waals surface area contributed by atoms with Crippen molar-refractivity contribution in [2.24, 2.45) is 0 Å². The van der Waals surface area contributed by atoms with Gasteiger partial charge in [-0.1, -0.05) is 11.6 Å². The molecular weight excluding hydrogens is 284 g/mol. The van der Waals surface area contributed by atoms with Crippen molar-refractivity contribution in [1.82, 2.24) is 24.6 Å². The van der Waals surface area contributed by atoms with Crippen molar-refractivity contribution in [1.29, 1.82) is 0 Å². The van der Waals surface area contributed by atoms with E-state index in [1.807, 2.05) is 19.5 Å². The van der Waals surface area contributed by atoms with Gasteiger partial charge in [0.1, 0.15) is 17.3 Å². The zero-order chi connectivity index (χ0) is 13.4. The van der Waals surface area contributed by atoms with Crippen LogP contribution in [-0.2, 0) is 6.54 Å². The predicted octanol–water partition coefficient (Wildman–Crippen LogP) is 2.18. The van der Waals surface area contributed by atoms with Crippen LogP contribution in [0.25, 0.3) is 5.78 Å². The third kappa shape index (κ3) is 2.26. The molecule has 0 aliphatic carbocycles. The summed E-state index contributed by atoms with van der Waals surface area (Å²) in [5.41, 5.74) is 2.90. The van der Waals surface area contributed by atoms with Crippen LogP contribution in [-0.4, -0.2) is 31.6 Å². The highest BCUT2D eigenvalue weighted by atomic mass is 35.5. The fourth-order valence-corrected chi connectivity index (χ4v) is 2.82. The minimum Gasteiger partial charge on any atom is -0.354 e. The van der Waals surface area contributed by atoms with Crippen LogP contribution in [0.2, 0.25) is 5.15 Å². The summed E-state index contributed by atoms with van der Waals surface area (Å²) in [7, 11) is 1.98. The molecule has 0 unspecified atom stereocenters. The largest absolute Gasteiger partial charge is 0.354 e. The average molecular weight is 295 g/mol. The lowest BCUT2D eigenvalue weighted by molar-refractivity contribution is 0.834. The molecule has 19 heavy (non-hydrogen) atoms. The second-order valence-electron chi connectivity index (χ2n) is 4.13. The molecule has 0 aliphatic heterocycles. The van der Waals surface area contributed by atoms with Gasteiger partial charge < -0.3 is 4.90 Å². The number of aromatic nitrogens is 5. The van der Waals surface area contributed by atoms with E-state index in [1.54, 1.807) is 21.9 Å². The first-order valence-electron chi connectivity index (χ1n) is 5.61. The molecule has 0 bridgehead atoms. The Balaban J connectivity index is 1.99. The molecule has 0 amide bonds. The van der Waals surface area contributed by atoms with Crippen molar-refractivity contribution in [2.75, 3.05) is 11.9 Å². The Kier molecular flexibility index (Phi) is 3.08. The molecule has 0 saturated carbocycles. The first kappa shape index (κ1) is 12.3. The van der Waals surface area contributed by atoms with Crippen LogP contribution in [0.4, 0.5) is 5.82 Å². The average Bonchev–Trinajstić information content (AvgIpc) is 2.98. The minimum atomic E-state index is 0.406. The smallest absolute Gasteiger partial charge is 0.255 e. The maximum atomic E-state index is 6.01. The van der Waals surface area contributed by atoms with Gasteiger partial charge in [-0.2, -0.15) is 19.6 Å². The molecule has 3 aromatic heterocycles. The fourth-order valence-electron chi connectivity index (χ4n) is 1.82. The van der Waals surface area contributed by atoms with Crippen LogP contribution in [0.1, 0.15) is 10.6 Å². The number of thiazole rings is 1. The van der Waals surface area contributed by atoms with E-state index in [-0.39, 0.29) is 0 Å². The van der Waals surface area contributed by atoms with Crippen molar-refractivity contribution in [3.63, 3.8) is 0 Å². The molecule has 0 saturated heterocycles. The summed E-state index contributed by atoms with van der Waals surface area (Å²) in [6.45, 7) is 2.75. The summed E-state index contributed by atoms with van der Waals surface area (Å²) in [5.74, 6) is 1.34. The minimum absolute atomic E-state index is 0.406. The fraction of sp³-hybridized carbons (Fsp3) is 0.273. The Morgan fingerprint density at radius 1 is 1.42 bits per heavy atom. The van der Waals surface area contributed by atoms with E-state index in [9.17, 15) is 0 Å². The maximum absolute atomic E-state index is 6.01. The molecule has 3 rings (SSSR count). The number of hydrogen-bond acceptors (Lipinski definition) is 6. The number of hydrogen-bond donors (Lipinski definition) is 0. The zero-order valence-electron chi connectivity index (χ0n) is 10.4. The lowest BCUT2D eigenvalue weighted by Crippen LogP contribution is -2.20. The van der Waals surface area contributed by atoms with Crippen molar-refractivity contribution >= 4 is 34.5 Å². The van der Waals surface area contributed by atoms with Crippen LogP contribution in [0.5, 0.6) is 0 Å². The van der Waals surface area contributed by atoms with Crippen LogP contribution >= 0.6 is 22.9 Å². The summed E-state index contributed by atoms with van der Waals surface area (Å²) >= 11 is 7.65. The molecule has 0 fully saturated rings. The molecule has 8 heteroatoms. The van der Waals surface area contributed by atoms with Crippen molar-refractivity contribution in [3.05, 3.63) is 33.6 Å². The van der Waals surface area contributed by atoms with E-state index in [4.69, 9.17) is 11.6 Å². The summed E-state index contributed by atoms with van der Waals surface area (Å²) < 4.78 is 1.67. The van der Waals surface area contributed by atoms with Gasteiger partial charge in [-0.25, -0.2) is 4.98 Å². The molecule has 0 spiro atoms. The first-order chi connectivity index (χ1) is 9.15. The standard InChI is InChI=1S/C11H11ClN6S/c1-7-8(19-6-14-7)4-17(2)10-3-9(12)16-11-13-5-15-18(10)11/h3,5-6H,4H2,1-2H3. The van der Waals surface area contributed by atoms with Crippen LogP contribution in [0.15, 0.2) is 17.9 Å². The SMILES string of the molecule is Cc1ncsc1CN(C)c1cc(Cl)nc2ncnn12. The van der Waals surface area contributed by atoms with Gasteiger partial charge in [-0.05, 0) is 6.92 Å². The normalized spacial score (nSPS) is 11.1. The topological polar surface area (TPSA) is 59.2 Å². The molecule has 6 nitrogen and oxygen atoms in total.